The van der Waals surface area contributed by atoms with E-state index in [9.17, 15) is 0 Å². The number of halogens is 1. The SMILES string of the molecule is Nc1nc(-c2ccccc2)c(Oc2cc(Cl)ncn2)s1. The highest BCUT2D eigenvalue weighted by atomic mass is 35.5. The third-order valence-electron chi connectivity index (χ3n) is 2.47. The molecule has 0 atom stereocenters. The van der Waals surface area contributed by atoms with Gasteiger partial charge in [0.2, 0.25) is 10.9 Å². The molecule has 0 bridgehead atoms. The molecule has 0 saturated carbocycles. The van der Waals surface area contributed by atoms with E-state index >= 15 is 0 Å². The molecule has 100 valence electrons. The Morgan fingerprint density at radius 3 is 2.70 bits per heavy atom. The summed E-state index contributed by atoms with van der Waals surface area (Å²) in [6.07, 6.45) is 1.34. The lowest BCUT2D eigenvalue weighted by atomic mass is 10.2. The van der Waals surface area contributed by atoms with Crippen LogP contribution >= 0.6 is 22.9 Å². The molecule has 0 aliphatic rings. The first-order chi connectivity index (χ1) is 9.72. The van der Waals surface area contributed by atoms with Crippen molar-refractivity contribution in [2.75, 3.05) is 5.73 Å². The summed E-state index contributed by atoms with van der Waals surface area (Å²) in [4.78, 5) is 12.1. The highest BCUT2D eigenvalue weighted by Gasteiger charge is 2.14. The summed E-state index contributed by atoms with van der Waals surface area (Å²) in [5.74, 6) is 0.353. The maximum Gasteiger partial charge on any atom is 0.225 e. The summed E-state index contributed by atoms with van der Waals surface area (Å²) < 4.78 is 5.71. The Kier molecular flexibility index (Phi) is 3.49. The molecule has 0 fully saturated rings. The molecule has 5 nitrogen and oxygen atoms in total. The van der Waals surface area contributed by atoms with Gasteiger partial charge < -0.3 is 10.5 Å². The van der Waals surface area contributed by atoms with Crippen LogP contribution in [0.2, 0.25) is 5.15 Å². The topological polar surface area (TPSA) is 73.9 Å². The molecular weight excluding hydrogens is 296 g/mol. The van der Waals surface area contributed by atoms with Crippen LogP contribution in [-0.2, 0) is 0 Å². The lowest BCUT2D eigenvalue weighted by Crippen LogP contribution is -1.89. The smallest absolute Gasteiger partial charge is 0.225 e. The molecule has 2 N–H and O–H groups in total. The summed E-state index contributed by atoms with van der Waals surface area (Å²) in [6.45, 7) is 0. The van der Waals surface area contributed by atoms with Crippen molar-refractivity contribution in [1.82, 2.24) is 15.0 Å². The second kappa shape index (κ2) is 5.44. The first-order valence-electron chi connectivity index (χ1n) is 5.69. The lowest BCUT2D eigenvalue weighted by Gasteiger charge is -2.04. The second-order valence-electron chi connectivity index (χ2n) is 3.84. The van der Waals surface area contributed by atoms with Crippen LogP contribution in [0.4, 0.5) is 5.13 Å². The zero-order valence-electron chi connectivity index (χ0n) is 10.2. The Bertz CT molecular complexity index is 732. The maximum absolute atomic E-state index is 5.81. The zero-order chi connectivity index (χ0) is 13.9. The van der Waals surface area contributed by atoms with E-state index < -0.39 is 0 Å². The molecule has 2 heterocycles. The molecule has 3 aromatic rings. The number of anilines is 1. The standard InChI is InChI=1S/C13H9ClN4OS/c14-9-6-10(17-7-16-9)19-12-11(18-13(15)20-12)8-4-2-1-3-5-8/h1-7H,(H2,15,18). The van der Waals surface area contributed by atoms with Crippen LogP contribution in [0.25, 0.3) is 11.3 Å². The van der Waals surface area contributed by atoms with Gasteiger partial charge >= 0.3 is 0 Å². The molecule has 0 radical (unpaired) electrons. The minimum Gasteiger partial charge on any atom is -0.426 e. The maximum atomic E-state index is 5.81. The normalized spacial score (nSPS) is 10.4. The first kappa shape index (κ1) is 12.8. The van der Waals surface area contributed by atoms with Crippen LogP contribution in [0.3, 0.4) is 0 Å². The number of aromatic nitrogens is 3. The van der Waals surface area contributed by atoms with Gasteiger partial charge in [-0.25, -0.2) is 15.0 Å². The number of nitrogen functional groups attached to an aromatic ring is 1. The highest BCUT2D eigenvalue weighted by Crippen LogP contribution is 2.38. The number of nitrogens with zero attached hydrogens (tertiary/aromatic N) is 3. The summed E-state index contributed by atoms with van der Waals surface area (Å²) in [5, 5.41) is 1.32. The average molecular weight is 305 g/mol. The van der Waals surface area contributed by atoms with E-state index in [0.29, 0.717) is 26.9 Å². The van der Waals surface area contributed by atoms with Gasteiger partial charge in [-0.05, 0) is 0 Å². The second-order valence-corrected chi connectivity index (χ2v) is 5.22. The van der Waals surface area contributed by atoms with Gasteiger partial charge in [0.1, 0.15) is 17.2 Å². The average Bonchev–Trinajstić information content (AvgIpc) is 2.80. The Labute approximate surface area is 124 Å². The summed E-state index contributed by atoms with van der Waals surface area (Å²) in [7, 11) is 0. The van der Waals surface area contributed by atoms with Gasteiger partial charge in [-0.2, -0.15) is 0 Å². The summed E-state index contributed by atoms with van der Waals surface area (Å²) in [5.41, 5.74) is 7.38. The summed E-state index contributed by atoms with van der Waals surface area (Å²) in [6, 6.07) is 11.2. The van der Waals surface area contributed by atoms with Crippen molar-refractivity contribution in [3.8, 4) is 22.2 Å². The van der Waals surface area contributed by atoms with Gasteiger partial charge in [0.15, 0.2) is 5.13 Å². The Hall–Kier alpha value is -2.18. The van der Waals surface area contributed by atoms with Crippen molar-refractivity contribution >= 4 is 28.1 Å². The quantitative estimate of drug-likeness (QED) is 0.748. The molecule has 20 heavy (non-hydrogen) atoms. The van der Waals surface area contributed by atoms with Crippen LogP contribution < -0.4 is 10.5 Å². The highest BCUT2D eigenvalue weighted by molar-refractivity contribution is 7.17. The van der Waals surface area contributed by atoms with E-state index in [1.54, 1.807) is 0 Å². The lowest BCUT2D eigenvalue weighted by molar-refractivity contribution is 0.475. The van der Waals surface area contributed by atoms with E-state index in [4.69, 9.17) is 22.1 Å². The van der Waals surface area contributed by atoms with Gasteiger partial charge in [0.25, 0.3) is 0 Å². The molecular formula is C13H9ClN4OS. The molecule has 0 amide bonds. The van der Waals surface area contributed by atoms with Gasteiger partial charge in [0.05, 0.1) is 0 Å². The third kappa shape index (κ3) is 2.71. The third-order valence-corrected chi connectivity index (χ3v) is 3.43. The molecule has 3 rings (SSSR count). The molecule has 0 aliphatic heterocycles. The first-order valence-corrected chi connectivity index (χ1v) is 6.89. The Morgan fingerprint density at radius 2 is 1.95 bits per heavy atom. The van der Waals surface area contributed by atoms with Crippen LogP contribution in [0, 0.1) is 0 Å². The fraction of sp³-hybridized carbons (Fsp3) is 0. The van der Waals surface area contributed by atoms with E-state index in [1.165, 1.54) is 23.7 Å². The number of thiazole rings is 1. The fourth-order valence-corrected chi connectivity index (χ4v) is 2.49. The van der Waals surface area contributed by atoms with Crippen LogP contribution in [0.15, 0.2) is 42.7 Å². The molecule has 0 aliphatic carbocycles. The zero-order valence-corrected chi connectivity index (χ0v) is 11.7. The van der Waals surface area contributed by atoms with Crippen molar-refractivity contribution in [3.05, 3.63) is 47.9 Å². The van der Waals surface area contributed by atoms with Crippen molar-refractivity contribution in [2.24, 2.45) is 0 Å². The molecule has 1 aromatic carbocycles. The van der Waals surface area contributed by atoms with E-state index in [0.717, 1.165) is 5.56 Å². The predicted molar refractivity (Wildman–Crippen MR) is 79.1 cm³/mol. The van der Waals surface area contributed by atoms with Crippen LogP contribution in [0.5, 0.6) is 10.9 Å². The van der Waals surface area contributed by atoms with E-state index in [-0.39, 0.29) is 0 Å². The van der Waals surface area contributed by atoms with Gasteiger partial charge in [-0.1, -0.05) is 53.3 Å². The largest absolute Gasteiger partial charge is 0.426 e. The van der Waals surface area contributed by atoms with E-state index in [2.05, 4.69) is 15.0 Å². The number of hydrogen-bond donors (Lipinski definition) is 1. The van der Waals surface area contributed by atoms with Gasteiger partial charge in [-0.15, -0.1) is 0 Å². The molecule has 0 spiro atoms. The Balaban J connectivity index is 1.98. The minimum atomic E-state index is 0.314. The van der Waals surface area contributed by atoms with E-state index in [1.807, 2.05) is 30.3 Å². The molecule has 0 saturated heterocycles. The summed E-state index contributed by atoms with van der Waals surface area (Å²) >= 11 is 7.06. The number of benzene rings is 1. The van der Waals surface area contributed by atoms with Crippen molar-refractivity contribution in [2.45, 2.75) is 0 Å². The number of ether oxygens (including phenoxy) is 1. The Morgan fingerprint density at radius 1 is 1.15 bits per heavy atom. The molecule has 0 unspecified atom stereocenters. The van der Waals surface area contributed by atoms with Gasteiger partial charge in [-0.3, -0.25) is 0 Å². The van der Waals surface area contributed by atoms with Crippen molar-refractivity contribution < 1.29 is 4.74 Å². The van der Waals surface area contributed by atoms with Gasteiger partial charge in [0, 0.05) is 11.6 Å². The number of hydrogen-bond acceptors (Lipinski definition) is 6. The minimum absolute atomic E-state index is 0.314. The molecule has 7 heteroatoms. The van der Waals surface area contributed by atoms with Crippen molar-refractivity contribution in [1.29, 1.82) is 0 Å². The number of nitrogens with two attached hydrogens (primary N) is 1. The fourth-order valence-electron chi connectivity index (χ4n) is 1.64. The molecule has 2 aromatic heterocycles. The van der Waals surface area contributed by atoms with Crippen molar-refractivity contribution in [3.63, 3.8) is 0 Å². The van der Waals surface area contributed by atoms with Crippen LogP contribution in [0.1, 0.15) is 0 Å². The predicted octanol–water partition coefficient (Wildman–Crippen LogP) is 3.63. The number of rotatable bonds is 3. The monoisotopic (exact) mass is 304 g/mol. The van der Waals surface area contributed by atoms with Crippen LogP contribution in [-0.4, -0.2) is 15.0 Å².